The summed E-state index contributed by atoms with van der Waals surface area (Å²) in [5.74, 6) is 0. The summed E-state index contributed by atoms with van der Waals surface area (Å²) in [4.78, 5) is 15.3. The highest BCUT2D eigenvalue weighted by Gasteiger charge is 1.95. The number of unbranched alkanes of at least 4 members (excludes halogenated alkanes) is 6. The summed E-state index contributed by atoms with van der Waals surface area (Å²) in [6.45, 7) is 2.55. The molecule has 108 valence electrons. The van der Waals surface area contributed by atoms with E-state index < -0.39 is 7.60 Å². The highest BCUT2D eigenvalue weighted by atomic mass is 31.2. The molecule has 0 aromatic rings. The van der Waals surface area contributed by atoms with Crippen molar-refractivity contribution < 1.29 is 19.8 Å². The van der Waals surface area contributed by atoms with Gasteiger partial charge in [0.1, 0.15) is 0 Å². The molecule has 0 aromatic heterocycles. The largest absolute Gasteiger partial charge is 0.412 e. The Kier molecular flexibility index (Phi) is 21.0. The van der Waals surface area contributed by atoms with E-state index in [2.05, 4.69) is 0 Å². The minimum Gasteiger partial charge on any atom is -0.412 e. The summed E-state index contributed by atoms with van der Waals surface area (Å²) in [6, 6.07) is 0. The van der Waals surface area contributed by atoms with E-state index in [-0.39, 0.29) is 5.48 Å². The highest BCUT2D eigenvalue weighted by molar-refractivity contribution is 7.50. The molecule has 0 heterocycles. The van der Waals surface area contributed by atoms with Gasteiger partial charge >= 0.3 is 7.60 Å². The van der Waals surface area contributed by atoms with Crippen LogP contribution in [0, 0.1) is 0 Å². The van der Waals surface area contributed by atoms with Crippen LogP contribution in [0.4, 0.5) is 0 Å². The first-order valence-corrected chi connectivity index (χ1v) is 7.91. The number of hydrogen-bond acceptors (Lipinski definition) is 3. The van der Waals surface area contributed by atoms with Crippen molar-refractivity contribution in [2.45, 2.75) is 44.9 Å². The third-order valence-corrected chi connectivity index (χ3v) is 1.91. The average Bonchev–Trinajstić information content (AvgIpc) is 2.14. The highest BCUT2D eigenvalue weighted by Crippen LogP contribution is 2.26. The van der Waals surface area contributed by atoms with Crippen molar-refractivity contribution in [3.63, 3.8) is 0 Å². The Labute approximate surface area is 104 Å². The molecule has 0 aliphatic heterocycles. The van der Waals surface area contributed by atoms with Gasteiger partial charge in [-0.1, -0.05) is 32.1 Å². The number of rotatable bonds is 8. The Hall–Kier alpha value is 0.0300. The van der Waals surface area contributed by atoms with Gasteiger partial charge in [-0.15, -0.1) is 0 Å². The van der Waals surface area contributed by atoms with E-state index in [1.807, 2.05) is 0 Å². The van der Waals surface area contributed by atoms with Crippen LogP contribution in [0.1, 0.15) is 44.9 Å². The summed E-state index contributed by atoms with van der Waals surface area (Å²) < 4.78 is 9.33. The molecule has 6 nitrogen and oxygen atoms in total. The van der Waals surface area contributed by atoms with Crippen molar-refractivity contribution in [1.82, 2.24) is 0 Å². The lowest BCUT2D eigenvalue weighted by molar-refractivity contribution is 0.381. The molecule has 7 heteroatoms. The predicted molar refractivity (Wildman–Crippen MR) is 72.0 cm³/mol. The van der Waals surface area contributed by atoms with Crippen LogP contribution in [0.15, 0.2) is 0 Å². The lowest BCUT2D eigenvalue weighted by atomic mass is 10.1. The average molecular weight is 272 g/mol. The van der Waals surface area contributed by atoms with Crippen LogP contribution >= 0.6 is 7.60 Å². The van der Waals surface area contributed by atoms with Gasteiger partial charge < -0.3 is 26.7 Å². The van der Waals surface area contributed by atoms with Crippen molar-refractivity contribution in [2.75, 3.05) is 19.8 Å². The molecule has 0 atom stereocenters. The smallest absolute Gasteiger partial charge is 0.322 e. The molecule has 0 radical (unpaired) electrons. The monoisotopic (exact) mass is 272 g/mol. The van der Waals surface area contributed by atoms with Gasteiger partial charge in [0.2, 0.25) is 0 Å². The summed E-state index contributed by atoms with van der Waals surface area (Å²) >= 11 is 0. The van der Waals surface area contributed by atoms with Gasteiger partial charge in [-0.3, -0.25) is 4.57 Å². The molecule has 8 N–H and O–H groups in total. The van der Waals surface area contributed by atoms with Crippen LogP contribution in [0.25, 0.3) is 0 Å². The standard InChI is InChI=1S/C9H22N2.CH5O3P.H2O/c10-8-6-4-2-1-3-5-7-9-11;1-5(2,3)4;/h1-11H2;1H3,(H2,2,3,4);1H2. The van der Waals surface area contributed by atoms with Crippen LogP contribution in [0.5, 0.6) is 0 Å². The van der Waals surface area contributed by atoms with Gasteiger partial charge in [-0.25, -0.2) is 0 Å². The van der Waals surface area contributed by atoms with E-state index in [1.165, 1.54) is 44.9 Å². The minimum absolute atomic E-state index is 0. The maximum absolute atomic E-state index is 9.33. The fourth-order valence-electron chi connectivity index (χ4n) is 1.17. The lowest BCUT2D eigenvalue weighted by Gasteiger charge is -1.99. The molecule has 0 saturated heterocycles. The Morgan fingerprint density at radius 3 is 1.18 bits per heavy atom. The molecule has 0 aliphatic rings. The second-order valence-electron chi connectivity index (χ2n) is 3.89. The Morgan fingerprint density at radius 1 is 0.824 bits per heavy atom. The first kappa shape index (κ1) is 22.2. The zero-order valence-corrected chi connectivity index (χ0v) is 11.7. The van der Waals surface area contributed by atoms with E-state index >= 15 is 0 Å². The van der Waals surface area contributed by atoms with Crippen molar-refractivity contribution in [1.29, 1.82) is 0 Å². The topological polar surface area (TPSA) is 141 Å². The van der Waals surface area contributed by atoms with Crippen LogP contribution < -0.4 is 11.5 Å². The summed E-state index contributed by atoms with van der Waals surface area (Å²) in [5, 5.41) is 0. The summed E-state index contributed by atoms with van der Waals surface area (Å²) in [7, 11) is -3.64. The molecule has 0 rings (SSSR count). The van der Waals surface area contributed by atoms with E-state index in [0.29, 0.717) is 0 Å². The summed E-state index contributed by atoms with van der Waals surface area (Å²) in [5.41, 5.74) is 10.7. The number of nitrogens with two attached hydrogens (primary N) is 2. The normalized spacial score (nSPS) is 10.2. The second-order valence-corrected chi connectivity index (χ2v) is 5.56. The first-order valence-electron chi connectivity index (χ1n) is 5.85. The molecule has 0 fully saturated rings. The van der Waals surface area contributed by atoms with Crippen molar-refractivity contribution in [3.8, 4) is 0 Å². The third-order valence-electron chi connectivity index (χ3n) is 1.91. The third kappa shape index (κ3) is 48.9. The lowest BCUT2D eigenvalue weighted by Crippen LogP contribution is -1.98. The molecule has 0 aliphatic carbocycles. The Bertz CT molecular complexity index is 159. The van der Waals surface area contributed by atoms with E-state index in [1.54, 1.807) is 0 Å². The molecule has 0 spiro atoms. The molecule has 17 heavy (non-hydrogen) atoms. The maximum Gasteiger partial charge on any atom is 0.322 e. The predicted octanol–water partition coefficient (Wildman–Crippen LogP) is 0.604. The van der Waals surface area contributed by atoms with E-state index in [9.17, 15) is 4.57 Å². The molecule has 0 amide bonds. The van der Waals surface area contributed by atoms with Gasteiger partial charge in [-0.05, 0) is 25.9 Å². The molecular weight excluding hydrogens is 243 g/mol. The fourth-order valence-corrected chi connectivity index (χ4v) is 1.17. The van der Waals surface area contributed by atoms with Crippen molar-refractivity contribution in [2.24, 2.45) is 11.5 Å². The minimum atomic E-state index is -3.64. The molecule has 0 aromatic carbocycles. The number of hydrogen-bond donors (Lipinski definition) is 4. The van der Waals surface area contributed by atoms with Crippen LogP contribution in [0.2, 0.25) is 0 Å². The first-order chi connectivity index (χ1) is 7.41. The molecular formula is C10H29N2O4P. The van der Waals surface area contributed by atoms with E-state index in [0.717, 1.165) is 19.8 Å². The van der Waals surface area contributed by atoms with Gasteiger partial charge in [0.15, 0.2) is 0 Å². The van der Waals surface area contributed by atoms with Gasteiger partial charge in [-0.2, -0.15) is 0 Å². The fraction of sp³-hybridized carbons (Fsp3) is 1.00. The van der Waals surface area contributed by atoms with Gasteiger partial charge in [0.05, 0.1) is 0 Å². The molecule has 0 unspecified atom stereocenters. The van der Waals surface area contributed by atoms with Crippen molar-refractivity contribution in [3.05, 3.63) is 0 Å². The molecule has 0 saturated carbocycles. The molecule has 0 bridgehead atoms. The second kappa shape index (κ2) is 16.0. The zero-order valence-electron chi connectivity index (χ0n) is 10.8. The van der Waals surface area contributed by atoms with Crippen LogP contribution in [-0.4, -0.2) is 35.0 Å². The van der Waals surface area contributed by atoms with E-state index in [4.69, 9.17) is 21.3 Å². The van der Waals surface area contributed by atoms with Crippen LogP contribution in [-0.2, 0) is 4.57 Å². The van der Waals surface area contributed by atoms with Crippen molar-refractivity contribution >= 4 is 7.60 Å². The Morgan fingerprint density at radius 2 is 1.00 bits per heavy atom. The Balaban J connectivity index is -0.000000280. The van der Waals surface area contributed by atoms with Gasteiger partial charge in [0.25, 0.3) is 0 Å². The van der Waals surface area contributed by atoms with Gasteiger partial charge in [0, 0.05) is 6.66 Å². The summed E-state index contributed by atoms with van der Waals surface area (Å²) in [6.07, 6.45) is 9.05. The SMILES string of the molecule is CP(=O)(O)O.NCCCCCCCCCN.O. The van der Waals surface area contributed by atoms with Crippen LogP contribution in [0.3, 0.4) is 0 Å². The maximum atomic E-state index is 9.33. The quantitative estimate of drug-likeness (QED) is 0.378. The zero-order chi connectivity index (χ0) is 12.9.